The maximum absolute atomic E-state index is 11.4. The summed E-state index contributed by atoms with van der Waals surface area (Å²) >= 11 is 0. The van der Waals surface area contributed by atoms with E-state index in [9.17, 15) is 9.90 Å². The Morgan fingerprint density at radius 3 is 2.75 bits per heavy atom. The topological polar surface area (TPSA) is 56.3 Å². The van der Waals surface area contributed by atoms with Gasteiger partial charge in [-0.25, -0.2) is 4.79 Å². The van der Waals surface area contributed by atoms with Crippen molar-refractivity contribution >= 4 is 5.97 Å². The molecular formula is C12H16N2O2. The first kappa shape index (κ1) is 9.90. The zero-order valence-corrected chi connectivity index (χ0v) is 9.42. The van der Waals surface area contributed by atoms with Gasteiger partial charge in [-0.05, 0) is 25.8 Å². The van der Waals surface area contributed by atoms with Gasteiger partial charge in [0.1, 0.15) is 0 Å². The van der Waals surface area contributed by atoms with Crippen LogP contribution in [0, 0.1) is 0 Å². The van der Waals surface area contributed by atoms with Crippen LogP contribution < -0.4 is 0 Å². The number of aromatic carboxylic acids is 1. The molecule has 1 aliphatic heterocycles. The minimum absolute atomic E-state index is 0.460. The normalized spacial score (nSPS) is 20.8. The molecule has 0 amide bonds. The molecule has 1 saturated carbocycles. The van der Waals surface area contributed by atoms with Crippen LogP contribution in [0.3, 0.4) is 0 Å². The maximum atomic E-state index is 11.4. The van der Waals surface area contributed by atoms with Gasteiger partial charge in [0, 0.05) is 30.0 Å². The summed E-state index contributed by atoms with van der Waals surface area (Å²) in [6.45, 7) is 1.61. The quantitative estimate of drug-likeness (QED) is 0.800. The lowest BCUT2D eigenvalue weighted by molar-refractivity contribution is 0.0693. The second-order valence-electron chi connectivity index (χ2n) is 4.98. The molecule has 86 valence electrons. The van der Waals surface area contributed by atoms with Crippen molar-refractivity contribution in [2.45, 2.75) is 38.3 Å². The van der Waals surface area contributed by atoms with Crippen molar-refractivity contribution in [3.63, 3.8) is 0 Å². The molecule has 3 rings (SSSR count). The number of carboxylic acid groups (broad SMARTS) is 1. The number of fused-ring (bicyclic) bond motifs is 1. The first-order chi connectivity index (χ1) is 7.66. The van der Waals surface area contributed by atoms with E-state index in [0.29, 0.717) is 11.5 Å². The average molecular weight is 220 g/mol. The number of H-pyrrole nitrogens is 1. The van der Waals surface area contributed by atoms with Gasteiger partial charge in [-0.2, -0.15) is 0 Å². The van der Waals surface area contributed by atoms with E-state index in [1.807, 2.05) is 7.05 Å². The molecule has 1 aromatic rings. The van der Waals surface area contributed by atoms with E-state index in [1.54, 1.807) is 0 Å². The zero-order chi connectivity index (χ0) is 11.3. The van der Waals surface area contributed by atoms with Crippen LogP contribution in [0.25, 0.3) is 0 Å². The molecule has 0 aromatic carbocycles. The van der Waals surface area contributed by atoms with Gasteiger partial charge in [-0.3, -0.25) is 4.90 Å². The lowest BCUT2D eigenvalue weighted by Crippen LogP contribution is -2.16. The molecule has 1 fully saturated rings. The van der Waals surface area contributed by atoms with Crippen molar-refractivity contribution < 1.29 is 9.90 Å². The van der Waals surface area contributed by atoms with Crippen molar-refractivity contribution in [2.24, 2.45) is 0 Å². The van der Waals surface area contributed by atoms with E-state index < -0.39 is 5.97 Å². The van der Waals surface area contributed by atoms with Crippen LogP contribution >= 0.6 is 0 Å². The van der Waals surface area contributed by atoms with Crippen molar-refractivity contribution in [3.05, 3.63) is 22.5 Å². The zero-order valence-electron chi connectivity index (χ0n) is 9.42. The summed E-state index contributed by atoms with van der Waals surface area (Å²) in [6.07, 6.45) is 3.50. The summed E-state index contributed by atoms with van der Waals surface area (Å²) in [6, 6.07) is 0. The minimum Gasteiger partial charge on any atom is -0.478 e. The Balaban J connectivity index is 2.06. The van der Waals surface area contributed by atoms with Gasteiger partial charge in [0.2, 0.25) is 0 Å². The molecule has 0 radical (unpaired) electrons. The van der Waals surface area contributed by atoms with Gasteiger partial charge in [-0.15, -0.1) is 0 Å². The number of nitrogens with zero attached hydrogens (tertiary/aromatic N) is 1. The monoisotopic (exact) mass is 220 g/mol. The number of aromatic nitrogens is 1. The summed E-state index contributed by atoms with van der Waals surface area (Å²) in [5, 5.41) is 9.33. The molecule has 1 aliphatic carbocycles. The van der Waals surface area contributed by atoms with Crippen LogP contribution in [0.15, 0.2) is 0 Å². The summed E-state index contributed by atoms with van der Waals surface area (Å²) < 4.78 is 0. The molecular weight excluding hydrogens is 204 g/mol. The highest BCUT2D eigenvalue weighted by atomic mass is 16.4. The molecule has 16 heavy (non-hydrogen) atoms. The lowest BCUT2D eigenvalue weighted by Gasteiger charge is -2.25. The van der Waals surface area contributed by atoms with E-state index >= 15 is 0 Å². The number of rotatable bonds is 2. The summed E-state index contributed by atoms with van der Waals surface area (Å²) in [7, 11) is 2.02. The van der Waals surface area contributed by atoms with Crippen molar-refractivity contribution in [1.82, 2.24) is 9.88 Å². The molecule has 0 unspecified atom stereocenters. The Labute approximate surface area is 94.3 Å². The minimum atomic E-state index is -0.769. The smallest absolute Gasteiger partial charge is 0.337 e. The summed E-state index contributed by atoms with van der Waals surface area (Å²) in [5.41, 5.74) is 3.67. The Morgan fingerprint density at radius 2 is 2.19 bits per heavy atom. The van der Waals surface area contributed by atoms with Gasteiger partial charge >= 0.3 is 5.97 Å². The third-order valence-electron chi connectivity index (χ3n) is 3.80. The predicted octanol–water partition coefficient (Wildman–Crippen LogP) is 1.93. The third kappa shape index (κ3) is 1.29. The number of hydrogen-bond donors (Lipinski definition) is 2. The van der Waals surface area contributed by atoms with Gasteiger partial charge < -0.3 is 10.1 Å². The molecule has 2 N–H and O–H groups in total. The van der Waals surface area contributed by atoms with Gasteiger partial charge in [-0.1, -0.05) is 6.42 Å². The van der Waals surface area contributed by atoms with E-state index in [1.165, 1.54) is 6.42 Å². The van der Waals surface area contributed by atoms with E-state index in [4.69, 9.17) is 0 Å². The Morgan fingerprint density at radius 1 is 1.44 bits per heavy atom. The summed E-state index contributed by atoms with van der Waals surface area (Å²) in [4.78, 5) is 16.8. The van der Waals surface area contributed by atoms with E-state index in [2.05, 4.69) is 9.88 Å². The molecule has 2 heterocycles. The van der Waals surface area contributed by atoms with Crippen molar-refractivity contribution in [3.8, 4) is 0 Å². The Kier molecular flexibility index (Phi) is 2.07. The Bertz CT molecular complexity index is 446. The lowest BCUT2D eigenvalue weighted by atomic mass is 9.81. The fraction of sp³-hybridized carbons (Fsp3) is 0.583. The highest BCUT2D eigenvalue weighted by Gasteiger charge is 2.33. The van der Waals surface area contributed by atoms with E-state index in [0.717, 1.165) is 42.9 Å². The van der Waals surface area contributed by atoms with E-state index in [-0.39, 0.29) is 0 Å². The van der Waals surface area contributed by atoms with Crippen LogP contribution in [0.4, 0.5) is 0 Å². The van der Waals surface area contributed by atoms with Crippen LogP contribution in [0.2, 0.25) is 0 Å². The van der Waals surface area contributed by atoms with Crippen LogP contribution in [0.5, 0.6) is 0 Å². The fourth-order valence-electron chi connectivity index (χ4n) is 2.77. The number of carbonyl (C=O) groups is 1. The summed E-state index contributed by atoms with van der Waals surface area (Å²) in [5.74, 6) is -0.309. The second kappa shape index (κ2) is 3.35. The highest BCUT2D eigenvalue weighted by Crippen LogP contribution is 2.40. The first-order valence-electron chi connectivity index (χ1n) is 5.82. The standard InChI is InChI=1S/C12H16N2O2/c1-14-5-8-9(6-14)13-11(7-3-2-4-7)10(8)12(15)16/h7,13H,2-6H2,1H3,(H,15,16). The average Bonchev–Trinajstić information content (AvgIpc) is 2.55. The highest BCUT2D eigenvalue weighted by molar-refractivity contribution is 5.92. The largest absolute Gasteiger partial charge is 0.478 e. The van der Waals surface area contributed by atoms with Gasteiger partial charge in [0.15, 0.2) is 0 Å². The number of nitrogens with one attached hydrogen (secondary N) is 1. The molecule has 4 nitrogen and oxygen atoms in total. The molecule has 1 aromatic heterocycles. The SMILES string of the molecule is CN1Cc2[nH]c(C3CCC3)c(C(=O)O)c2C1. The second-order valence-corrected chi connectivity index (χ2v) is 4.98. The maximum Gasteiger partial charge on any atom is 0.337 e. The van der Waals surface area contributed by atoms with Gasteiger partial charge in [0.05, 0.1) is 5.56 Å². The van der Waals surface area contributed by atoms with Crippen molar-refractivity contribution in [1.29, 1.82) is 0 Å². The molecule has 0 saturated heterocycles. The van der Waals surface area contributed by atoms with Crippen LogP contribution in [-0.2, 0) is 13.1 Å². The van der Waals surface area contributed by atoms with Crippen LogP contribution in [0.1, 0.15) is 52.5 Å². The predicted molar refractivity (Wildman–Crippen MR) is 59.5 cm³/mol. The number of aromatic amines is 1. The third-order valence-corrected chi connectivity index (χ3v) is 3.80. The molecule has 2 aliphatic rings. The number of carboxylic acids is 1. The fourth-order valence-corrected chi connectivity index (χ4v) is 2.77. The first-order valence-corrected chi connectivity index (χ1v) is 5.82. The van der Waals surface area contributed by atoms with Gasteiger partial charge in [0.25, 0.3) is 0 Å². The molecule has 0 bridgehead atoms. The molecule has 0 spiro atoms. The molecule has 0 atom stereocenters. The number of hydrogen-bond acceptors (Lipinski definition) is 2. The Hall–Kier alpha value is -1.29. The van der Waals surface area contributed by atoms with Crippen molar-refractivity contribution in [2.75, 3.05) is 7.05 Å². The van der Waals surface area contributed by atoms with Crippen LogP contribution in [-0.4, -0.2) is 28.0 Å². The molecule has 4 heteroatoms.